The molecule has 5 nitrogen and oxygen atoms in total. The Kier molecular flexibility index (Phi) is 3.78. The van der Waals surface area contributed by atoms with Gasteiger partial charge < -0.3 is 19.7 Å². The first-order valence-electron chi connectivity index (χ1n) is 7.11. The fourth-order valence-electron chi connectivity index (χ4n) is 2.72. The van der Waals surface area contributed by atoms with E-state index < -0.39 is 6.10 Å². The first kappa shape index (κ1) is 13.2. The predicted molar refractivity (Wildman–Crippen MR) is 75.0 cm³/mol. The highest BCUT2D eigenvalue weighted by molar-refractivity contribution is 5.81. The zero-order chi connectivity index (χ0) is 13.9. The molecule has 1 aromatic rings. The van der Waals surface area contributed by atoms with Crippen LogP contribution >= 0.6 is 0 Å². The van der Waals surface area contributed by atoms with Gasteiger partial charge in [0.15, 0.2) is 11.5 Å². The summed E-state index contributed by atoms with van der Waals surface area (Å²) in [4.78, 5) is 14.1. The molecule has 2 aliphatic rings. The highest BCUT2D eigenvalue weighted by Crippen LogP contribution is 2.31. The average molecular weight is 276 g/mol. The molecule has 0 aliphatic carbocycles. The van der Waals surface area contributed by atoms with Crippen molar-refractivity contribution in [1.29, 1.82) is 0 Å². The van der Waals surface area contributed by atoms with Crippen LogP contribution in [-0.2, 0) is 4.79 Å². The van der Waals surface area contributed by atoms with E-state index in [0.717, 1.165) is 19.5 Å². The molecule has 1 amide bonds. The number of amides is 1. The van der Waals surface area contributed by atoms with Crippen LogP contribution in [0.5, 0.6) is 11.5 Å². The maximum atomic E-state index is 12.4. The third-order valence-electron chi connectivity index (χ3n) is 3.82. The van der Waals surface area contributed by atoms with Crippen molar-refractivity contribution in [2.24, 2.45) is 0 Å². The van der Waals surface area contributed by atoms with Gasteiger partial charge in [-0.3, -0.25) is 4.79 Å². The summed E-state index contributed by atoms with van der Waals surface area (Å²) in [5, 5.41) is 3.39. The van der Waals surface area contributed by atoms with E-state index in [1.165, 1.54) is 6.42 Å². The van der Waals surface area contributed by atoms with Crippen LogP contribution in [0.25, 0.3) is 0 Å². The number of para-hydroxylation sites is 2. The van der Waals surface area contributed by atoms with Gasteiger partial charge in [0, 0.05) is 19.6 Å². The molecule has 2 aliphatic heterocycles. The number of carbonyl (C=O) groups excluding carboxylic acids is 1. The van der Waals surface area contributed by atoms with E-state index in [1.54, 1.807) is 4.90 Å². The summed E-state index contributed by atoms with van der Waals surface area (Å²) in [6, 6.07) is 7.85. The van der Waals surface area contributed by atoms with E-state index in [2.05, 4.69) is 5.32 Å². The highest BCUT2D eigenvalue weighted by atomic mass is 16.6. The van der Waals surface area contributed by atoms with Gasteiger partial charge in [-0.1, -0.05) is 12.1 Å². The van der Waals surface area contributed by atoms with Crippen molar-refractivity contribution in [3.63, 3.8) is 0 Å². The SMILES string of the molecule is CN(C[C@H]1CCCN1)C(=O)[C@H]1COc2ccccc2O1. The Bertz CT molecular complexity index is 486. The van der Waals surface area contributed by atoms with Gasteiger partial charge in [0.25, 0.3) is 5.91 Å². The molecule has 1 saturated heterocycles. The van der Waals surface area contributed by atoms with Gasteiger partial charge >= 0.3 is 0 Å². The van der Waals surface area contributed by atoms with E-state index in [4.69, 9.17) is 9.47 Å². The predicted octanol–water partition coefficient (Wildman–Crippen LogP) is 1.04. The molecule has 0 saturated carbocycles. The third-order valence-corrected chi connectivity index (χ3v) is 3.82. The molecule has 20 heavy (non-hydrogen) atoms. The molecule has 2 heterocycles. The second-order valence-corrected chi connectivity index (χ2v) is 5.38. The summed E-state index contributed by atoms with van der Waals surface area (Å²) in [7, 11) is 1.83. The number of benzene rings is 1. The van der Waals surface area contributed by atoms with Gasteiger partial charge in [0.2, 0.25) is 6.10 Å². The Morgan fingerprint density at radius 3 is 2.95 bits per heavy atom. The van der Waals surface area contributed by atoms with E-state index in [-0.39, 0.29) is 12.5 Å². The van der Waals surface area contributed by atoms with Gasteiger partial charge in [0.1, 0.15) is 6.61 Å². The van der Waals surface area contributed by atoms with Gasteiger partial charge in [-0.2, -0.15) is 0 Å². The van der Waals surface area contributed by atoms with Crippen molar-refractivity contribution in [1.82, 2.24) is 10.2 Å². The van der Waals surface area contributed by atoms with Crippen molar-refractivity contribution in [3.8, 4) is 11.5 Å². The Morgan fingerprint density at radius 2 is 2.20 bits per heavy atom. The van der Waals surface area contributed by atoms with Gasteiger partial charge in [-0.05, 0) is 31.5 Å². The van der Waals surface area contributed by atoms with Crippen LogP contribution in [0.2, 0.25) is 0 Å². The minimum Gasteiger partial charge on any atom is -0.485 e. The standard InChI is InChI=1S/C15H20N2O3/c1-17(9-11-5-4-8-16-11)15(18)14-10-19-12-6-2-3-7-13(12)20-14/h2-3,6-7,11,14,16H,4-5,8-10H2,1H3/t11-,14-/m1/s1. The Hall–Kier alpha value is -1.75. The third kappa shape index (κ3) is 2.72. The van der Waals surface area contributed by atoms with E-state index in [0.29, 0.717) is 17.5 Å². The summed E-state index contributed by atoms with van der Waals surface area (Å²) >= 11 is 0. The number of hydrogen-bond acceptors (Lipinski definition) is 4. The summed E-state index contributed by atoms with van der Waals surface area (Å²) in [6.07, 6.45) is 1.77. The number of nitrogens with zero attached hydrogens (tertiary/aromatic N) is 1. The van der Waals surface area contributed by atoms with Crippen LogP contribution < -0.4 is 14.8 Å². The molecule has 0 radical (unpaired) electrons. The van der Waals surface area contributed by atoms with E-state index >= 15 is 0 Å². The molecule has 0 unspecified atom stereocenters. The van der Waals surface area contributed by atoms with Crippen LogP contribution in [0.4, 0.5) is 0 Å². The molecule has 0 aromatic heterocycles. The highest BCUT2D eigenvalue weighted by Gasteiger charge is 2.30. The number of nitrogens with one attached hydrogen (secondary N) is 1. The second kappa shape index (κ2) is 5.71. The number of hydrogen-bond donors (Lipinski definition) is 1. The molecule has 3 rings (SSSR count). The van der Waals surface area contributed by atoms with Crippen molar-refractivity contribution in [3.05, 3.63) is 24.3 Å². The number of carbonyl (C=O) groups is 1. The first-order valence-corrected chi connectivity index (χ1v) is 7.11. The monoisotopic (exact) mass is 276 g/mol. The molecular formula is C15H20N2O3. The smallest absolute Gasteiger partial charge is 0.267 e. The van der Waals surface area contributed by atoms with Crippen molar-refractivity contribution in [2.45, 2.75) is 25.0 Å². The molecule has 2 atom stereocenters. The molecule has 1 aromatic carbocycles. The van der Waals surface area contributed by atoms with Crippen LogP contribution in [0.1, 0.15) is 12.8 Å². The number of fused-ring (bicyclic) bond motifs is 1. The van der Waals surface area contributed by atoms with Gasteiger partial charge in [0.05, 0.1) is 0 Å². The van der Waals surface area contributed by atoms with Crippen LogP contribution in [0, 0.1) is 0 Å². The molecule has 108 valence electrons. The largest absolute Gasteiger partial charge is 0.485 e. The van der Waals surface area contributed by atoms with Crippen molar-refractivity contribution >= 4 is 5.91 Å². The Morgan fingerprint density at radius 1 is 1.40 bits per heavy atom. The fraction of sp³-hybridized carbons (Fsp3) is 0.533. The molecule has 0 bridgehead atoms. The number of ether oxygens (including phenoxy) is 2. The lowest BCUT2D eigenvalue weighted by Gasteiger charge is -2.30. The zero-order valence-corrected chi connectivity index (χ0v) is 11.7. The Labute approximate surface area is 118 Å². The lowest BCUT2D eigenvalue weighted by Crippen LogP contribution is -2.48. The lowest BCUT2D eigenvalue weighted by molar-refractivity contribution is -0.140. The minimum atomic E-state index is -0.545. The summed E-state index contributed by atoms with van der Waals surface area (Å²) in [5.41, 5.74) is 0. The Balaban J connectivity index is 1.60. The molecule has 1 fully saturated rings. The zero-order valence-electron chi connectivity index (χ0n) is 11.7. The second-order valence-electron chi connectivity index (χ2n) is 5.38. The van der Waals surface area contributed by atoms with Crippen LogP contribution in [0.15, 0.2) is 24.3 Å². The number of likely N-dealkylation sites (N-methyl/N-ethyl adjacent to an activating group) is 1. The normalized spacial score (nSPS) is 24.4. The van der Waals surface area contributed by atoms with Crippen LogP contribution in [0.3, 0.4) is 0 Å². The molecule has 1 N–H and O–H groups in total. The topological polar surface area (TPSA) is 50.8 Å². The minimum absolute atomic E-state index is 0.0202. The van der Waals surface area contributed by atoms with Crippen molar-refractivity contribution in [2.75, 3.05) is 26.7 Å². The fourth-order valence-corrected chi connectivity index (χ4v) is 2.72. The van der Waals surface area contributed by atoms with Gasteiger partial charge in [-0.15, -0.1) is 0 Å². The maximum absolute atomic E-state index is 12.4. The number of rotatable bonds is 3. The molecular weight excluding hydrogens is 256 g/mol. The van der Waals surface area contributed by atoms with E-state index in [9.17, 15) is 4.79 Å². The summed E-state index contributed by atoms with van der Waals surface area (Å²) in [6.45, 7) is 2.04. The molecule has 0 spiro atoms. The van der Waals surface area contributed by atoms with Gasteiger partial charge in [-0.25, -0.2) is 0 Å². The van der Waals surface area contributed by atoms with Crippen LogP contribution in [-0.4, -0.2) is 49.7 Å². The first-order chi connectivity index (χ1) is 9.74. The summed E-state index contributed by atoms with van der Waals surface area (Å²) < 4.78 is 11.3. The quantitative estimate of drug-likeness (QED) is 0.896. The maximum Gasteiger partial charge on any atom is 0.267 e. The summed E-state index contributed by atoms with van der Waals surface area (Å²) in [5.74, 6) is 1.33. The average Bonchev–Trinajstić information content (AvgIpc) is 2.99. The molecule has 5 heteroatoms. The van der Waals surface area contributed by atoms with E-state index in [1.807, 2.05) is 31.3 Å². The van der Waals surface area contributed by atoms with Crippen molar-refractivity contribution < 1.29 is 14.3 Å². The lowest BCUT2D eigenvalue weighted by atomic mass is 10.2.